The van der Waals surface area contributed by atoms with Crippen LogP contribution in [0.2, 0.25) is 0 Å². The molecule has 1 aliphatic heterocycles. The Bertz CT molecular complexity index is 1040. The van der Waals surface area contributed by atoms with E-state index in [1.807, 2.05) is 12.1 Å². The summed E-state index contributed by atoms with van der Waals surface area (Å²) < 4.78 is 21.6. The number of benzene rings is 2. The quantitative estimate of drug-likeness (QED) is 0.563. The van der Waals surface area contributed by atoms with Crippen LogP contribution in [0, 0.1) is 0 Å². The van der Waals surface area contributed by atoms with Crippen molar-refractivity contribution in [1.82, 2.24) is 10.6 Å². The zero-order valence-electron chi connectivity index (χ0n) is 18.0. The van der Waals surface area contributed by atoms with Crippen molar-refractivity contribution in [3.05, 3.63) is 53.2 Å². The summed E-state index contributed by atoms with van der Waals surface area (Å²) in [5.41, 5.74) is 2.32. The number of carbonyl (C=O) groups is 1. The van der Waals surface area contributed by atoms with Gasteiger partial charge in [0.25, 0.3) is 5.91 Å². The number of hydrogen-bond donors (Lipinski definition) is 3. The molecule has 0 saturated carbocycles. The number of carbonyl (C=O) groups excluding carboxylic acids is 1. The molecule has 1 atom stereocenters. The molecule has 164 valence electrons. The first-order valence-corrected chi connectivity index (χ1v) is 9.86. The molecule has 0 aliphatic carbocycles. The van der Waals surface area contributed by atoms with Crippen LogP contribution >= 0.6 is 12.2 Å². The summed E-state index contributed by atoms with van der Waals surface area (Å²) in [6.45, 7) is 1.80. The van der Waals surface area contributed by atoms with Gasteiger partial charge in [0.15, 0.2) is 16.6 Å². The lowest BCUT2D eigenvalue weighted by Crippen LogP contribution is -2.45. The average molecular weight is 444 g/mol. The number of para-hydroxylation sites is 1. The van der Waals surface area contributed by atoms with Gasteiger partial charge in [0.05, 0.1) is 45.7 Å². The zero-order valence-corrected chi connectivity index (χ0v) is 18.8. The predicted molar refractivity (Wildman–Crippen MR) is 122 cm³/mol. The molecule has 2 aromatic rings. The minimum atomic E-state index is -0.553. The number of thiocarbonyl (C=S) groups is 1. The van der Waals surface area contributed by atoms with Crippen LogP contribution in [0.15, 0.2) is 47.7 Å². The van der Waals surface area contributed by atoms with Crippen molar-refractivity contribution in [2.24, 2.45) is 0 Å². The van der Waals surface area contributed by atoms with Crippen molar-refractivity contribution >= 4 is 28.9 Å². The van der Waals surface area contributed by atoms with Gasteiger partial charge in [-0.25, -0.2) is 0 Å². The summed E-state index contributed by atoms with van der Waals surface area (Å²) in [7, 11) is 6.21. The number of amides is 1. The van der Waals surface area contributed by atoms with Crippen molar-refractivity contribution in [2.45, 2.75) is 13.0 Å². The van der Waals surface area contributed by atoms with E-state index in [0.29, 0.717) is 45.1 Å². The highest BCUT2D eigenvalue weighted by Gasteiger charge is 2.33. The summed E-state index contributed by atoms with van der Waals surface area (Å²) in [6, 6.07) is 10.1. The molecule has 9 heteroatoms. The number of methoxy groups -OCH3 is 4. The number of rotatable bonds is 7. The van der Waals surface area contributed by atoms with Crippen molar-refractivity contribution in [1.29, 1.82) is 0 Å². The minimum absolute atomic E-state index is 0.321. The third kappa shape index (κ3) is 4.51. The first-order chi connectivity index (χ1) is 14.9. The fourth-order valence-corrected chi connectivity index (χ4v) is 3.73. The summed E-state index contributed by atoms with van der Waals surface area (Å²) in [4.78, 5) is 13.4. The molecule has 1 heterocycles. The van der Waals surface area contributed by atoms with Crippen molar-refractivity contribution in [2.75, 3.05) is 33.8 Å². The molecule has 2 aromatic carbocycles. The number of nitrogens with one attached hydrogen (secondary N) is 3. The number of allylic oxidation sites excluding steroid dienone is 1. The Labute approximate surface area is 186 Å². The second kappa shape index (κ2) is 9.57. The topological polar surface area (TPSA) is 90.1 Å². The van der Waals surface area contributed by atoms with Gasteiger partial charge in [-0.05, 0) is 37.3 Å². The maximum Gasteiger partial charge on any atom is 0.255 e. The predicted octanol–water partition coefficient (Wildman–Crippen LogP) is 3.15. The minimum Gasteiger partial charge on any atom is -0.497 e. The van der Waals surface area contributed by atoms with Crippen LogP contribution < -0.4 is 34.9 Å². The van der Waals surface area contributed by atoms with Gasteiger partial charge in [-0.1, -0.05) is 12.1 Å². The lowest BCUT2D eigenvalue weighted by molar-refractivity contribution is -0.113. The summed E-state index contributed by atoms with van der Waals surface area (Å²) in [6.07, 6.45) is 0. The molecule has 0 saturated heterocycles. The summed E-state index contributed by atoms with van der Waals surface area (Å²) >= 11 is 5.34. The molecule has 8 nitrogen and oxygen atoms in total. The number of ether oxygens (including phenoxy) is 4. The Morgan fingerprint density at radius 1 is 1.00 bits per heavy atom. The Kier molecular flexibility index (Phi) is 6.86. The molecule has 0 fully saturated rings. The van der Waals surface area contributed by atoms with E-state index in [2.05, 4.69) is 16.0 Å². The molecular weight excluding hydrogens is 418 g/mol. The monoisotopic (exact) mass is 443 g/mol. The number of anilines is 1. The molecule has 0 spiro atoms. The van der Waals surface area contributed by atoms with Gasteiger partial charge >= 0.3 is 0 Å². The molecule has 31 heavy (non-hydrogen) atoms. The van der Waals surface area contributed by atoms with Gasteiger partial charge in [-0.3, -0.25) is 4.79 Å². The summed E-state index contributed by atoms with van der Waals surface area (Å²) in [5.74, 6) is 1.86. The molecule has 3 rings (SSSR count). The van der Waals surface area contributed by atoms with Crippen LogP contribution in [-0.2, 0) is 4.79 Å². The van der Waals surface area contributed by atoms with E-state index < -0.39 is 6.04 Å². The molecule has 1 unspecified atom stereocenters. The Morgan fingerprint density at radius 2 is 1.74 bits per heavy atom. The van der Waals surface area contributed by atoms with E-state index in [1.54, 1.807) is 52.5 Å². The fraction of sp³-hybridized carbons (Fsp3) is 0.273. The molecule has 0 radical (unpaired) electrons. The van der Waals surface area contributed by atoms with Gasteiger partial charge in [0.2, 0.25) is 0 Å². The maximum atomic E-state index is 13.4. The third-order valence-electron chi connectivity index (χ3n) is 4.92. The van der Waals surface area contributed by atoms with Crippen LogP contribution in [0.5, 0.6) is 23.0 Å². The molecule has 1 aliphatic rings. The van der Waals surface area contributed by atoms with E-state index in [1.165, 1.54) is 7.11 Å². The standard InChI is InChI=1S/C22H25N3O5S/c1-12-18(21(26)24-15-10-9-13(27-2)11-17(15)29-4)19(25-22(31)23-12)14-7-6-8-16(28-3)20(14)30-5/h6-11,19H,1-5H3,(H,24,26)(H2,23,25,31). The SMILES string of the molecule is COc1ccc(NC(=O)C2=C(C)NC(=S)NC2c2cccc(OC)c2OC)c(OC)c1. The highest BCUT2D eigenvalue weighted by atomic mass is 32.1. The average Bonchev–Trinajstić information content (AvgIpc) is 2.77. The molecular formula is C22H25N3O5S. The van der Waals surface area contributed by atoms with Gasteiger partial charge in [0.1, 0.15) is 11.5 Å². The highest BCUT2D eigenvalue weighted by Crippen LogP contribution is 2.39. The Balaban J connectivity index is 2.03. The number of hydrogen-bond acceptors (Lipinski definition) is 6. The summed E-state index contributed by atoms with van der Waals surface area (Å²) in [5, 5.41) is 9.52. The third-order valence-corrected chi connectivity index (χ3v) is 5.13. The lowest BCUT2D eigenvalue weighted by atomic mass is 9.93. The van der Waals surface area contributed by atoms with Gasteiger partial charge in [-0.15, -0.1) is 0 Å². The van der Waals surface area contributed by atoms with Crippen molar-refractivity contribution < 1.29 is 23.7 Å². The van der Waals surface area contributed by atoms with Crippen LogP contribution in [0.4, 0.5) is 5.69 Å². The van der Waals surface area contributed by atoms with Crippen molar-refractivity contribution in [3.63, 3.8) is 0 Å². The smallest absolute Gasteiger partial charge is 0.255 e. The van der Waals surface area contributed by atoms with E-state index in [9.17, 15) is 4.79 Å². The Morgan fingerprint density at radius 3 is 2.39 bits per heavy atom. The lowest BCUT2D eigenvalue weighted by Gasteiger charge is -2.31. The van der Waals surface area contributed by atoms with Gasteiger partial charge < -0.3 is 34.9 Å². The van der Waals surface area contributed by atoms with Crippen molar-refractivity contribution in [3.8, 4) is 23.0 Å². The van der Waals surface area contributed by atoms with Crippen LogP contribution in [0.3, 0.4) is 0 Å². The van der Waals surface area contributed by atoms with Crippen LogP contribution in [0.25, 0.3) is 0 Å². The molecule has 0 bridgehead atoms. The second-order valence-electron chi connectivity index (χ2n) is 6.67. The largest absolute Gasteiger partial charge is 0.497 e. The first-order valence-electron chi connectivity index (χ1n) is 9.46. The van der Waals surface area contributed by atoms with Gasteiger partial charge in [-0.2, -0.15) is 0 Å². The highest BCUT2D eigenvalue weighted by molar-refractivity contribution is 7.80. The molecule has 1 amide bonds. The van der Waals surface area contributed by atoms with Crippen LogP contribution in [-0.4, -0.2) is 39.5 Å². The van der Waals surface area contributed by atoms with Crippen LogP contribution in [0.1, 0.15) is 18.5 Å². The molecule has 0 aromatic heterocycles. The molecule has 3 N–H and O–H groups in total. The van der Waals surface area contributed by atoms with E-state index >= 15 is 0 Å². The van der Waals surface area contributed by atoms with E-state index in [0.717, 1.165) is 5.56 Å². The normalized spacial score (nSPS) is 15.5. The first kappa shape index (κ1) is 22.2. The second-order valence-corrected chi connectivity index (χ2v) is 7.08. The fourth-order valence-electron chi connectivity index (χ4n) is 3.46. The van der Waals surface area contributed by atoms with Gasteiger partial charge in [0, 0.05) is 17.3 Å². The maximum absolute atomic E-state index is 13.4. The van der Waals surface area contributed by atoms with E-state index in [4.69, 9.17) is 31.2 Å². The Hall–Kier alpha value is -3.46. The zero-order chi connectivity index (χ0) is 22.5. The van der Waals surface area contributed by atoms with E-state index in [-0.39, 0.29) is 5.91 Å².